The van der Waals surface area contributed by atoms with Gasteiger partial charge in [0.2, 0.25) is 11.8 Å². The number of nitrogens with zero attached hydrogens (tertiary/aromatic N) is 2. The maximum atomic E-state index is 13.9. The van der Waals surface area contributed by atoms with E-state index in [1.165, 1.54) is 12.3 Å². The lowest BCUT2D eigenvalue weighted by Crippen LogP contribution is -2.48. The molecule has 0 saturated carbocycles. The molecule has 0 spiro atoms. The number of nitrogens with two attached hydrogens (primary N) is 1. The van der Waals surface area contributed by atoms with Crippen molar-refractivity contribution in [2.45, 2.75) is 51.2 Å². The van der Waals surface area contributed by atoms with Crippen LogP contribution in [0.2, 0.25) is 0 Å². The Morgan fingerprint density at radius 3 is 1.93 bits per heavy atom. The third-order valence-electron chi connectivity index (χ3n) is 7.53. The van der Waals surface area contributed by atoms with Crippen LogP contribution in [0.15, 0.2) is 102 Å². The molecule has 4 rings (SSSR count). The number of ketones is 1. The van der Waals surface area contributed by atoms with Gasteiger partial charge in [-0.1, -0.05) is 90.5 Å². The summed E-state index contributed by atoms with van der Waals surface area (Å²) in [5.74, 6) is -3.70. The summed E-state index contributed by atoms with van der Waals surface area (Å²) in [6.45, 7) is 1.53. The summed E-state index contributed by atoms with van der Waals surface area (Å²) in [7, 11) is 0. The quantitative estimate of drug-likeness (QED) is 0.156. The van der Waals surface area contributed by atoms with Crippen LogP contribution in [-0.2, 0) is 45.0 Å². The van der Waals surface area contributed by atoms with Gasteiger partial charge in [0.1, 0.15) is 18.4 Å². The van der Waals surface area contributed by atoms with Crippen molar-refractivity contribution < 1.29 is 24.3 Å². The maximum absolute atomic E-state index is 13.9. The van der Waals surface area contributed by atoms with Gasteiger partial charge in [0.15, 0.2) is 5.78 Å². The highest BCUT2D eigenvalue weighted by Gasteiger charge is 2.31. The number of carboxylic acid groups (broad SMARTS) is 1. The summed E-state index contributed by atoms with van der Waals surface area (Å²) < 4.78 is 1.07. The van der Waals surface area contributed by atoms with E-state index in [0.29, 0.717) is 0 Å². The molecule has 1 aromatic heterocycles. The molecule has 0 saturated heterocycles. The van der Waals surface area contributed by atoms with Crippen molar-refractivity contribution in [1.29, 1.82) is 0 Å². The Kier molecular flexibility index (Phi) is 11.5. The molecule has 0 fully saturated rings. The van der Waals surface area contributed by atoms with Crippen LogP contribution in [0.5, 0.6) is 0 Å². The second-order valence-corrected chi connectivity index (χ2v) is 11.2. The van der Waals surface area contributed by atoms with Gasteiger partial charge in [-0.15, -0.1) is 0 Å². The molecule has 3 aromatic carbocycles. The molecule has 0 bridgehead atoms. The van der Waals surface area contributed by atoms with Gasteiger partial charge in [-0.05, 0) is 42.5 Å². The predicted molar refractivity (Wildman–Crippen MR) is 173 cm³/mol. The number of anilines is 1. The molecule has 11 nitrogen and oxygen atoms in total. The van der Waals surface area contributed by atoms with Gasteiger partial charge in [-0.25, -0.2) is 9.59 Å². The number of aryl methyl sites for hydroxylation is 1. The van der Waals surface area contributed by atoms with Crippen molar-refractivity contribution in [3.63, 3.8) is 0 Å². The smallest absolute Gasteiger partial charge is 0.349 e. The molecule has 4 aromatic rings. The number of nitrogens with one attached hydrogen (secondary N) is 2. The number of carbonyl (C=O) groups excluding carboxylic acids is 3. The molecule has 46 heavy (non-hydrogen) atoms. The third kappa shape index (κ3) is 9.98. The fourth-order valence-corrected chi connectivity index (χ4v) is 5.04. The highest BCUT2D eigenvalue weighted by molar-refractivity contribution is 5.93. The van der Waals surface area contributed by atoms with E-state index in [2.05, 4.69) is 15.6 Å². The minimum atomic E-state index is -1.21. The minimum absolute atomic E-state index is 0.0190. The van der Waals surface area contributed by atoms with Gasteiger partial charge >= 0.3 is 11.7 Å². The monoisotopic (exact) mass is 623 g/mol. The first-order valence-corrected chi connectivity index (χ1v) is 14.9. The van der Waals surface area contributed by atoms with E-state index in [9.17, 15) is 29.1 Å². The van der Waals surface area contributed by atoms with E-state index in [4.69, 9.17) is 5.73 Å². The van der Waals surface area contributed by atoms with Crippen molar-refractivity contribution in [2.75, 3.05) is 5.73 Å². The third-order valence-corrected chi connectivity index (χ3v) is 7.53. The number of amides is 2. The van der Waals surface area contributed by atoms with E-state index >= 15 is 0 Å². The van der Waals surface area contributed by atoms with Gasteiger partial charge in [0.25, 0.3) is 0 Å². The Morgan fingerprint density at radius 2 is 1.35 bits per heavy atom. The number of aromatic nitrogens is 2. The van der Waals surface area contributed by atoms with Crippen LogP contribution in [0.1, 0.15) is 28.7 Å². The largest absolute Gasteiger partial charge is 0.480 e. The zero-order valence-electron chi connectivity index (χ0n) is 25.5. The molecule has 11 heteroatoms. The van der Waals surface area contributed by atoms with Gasteiger partial charge in [-0.2, -0.15) is 4.98 Å². The number of aliphatic carboxylic acids is 1. The Bertz CT molecular complexity index is 1710. The van der Waals surface area contributed by atoms with Crippen molar-refractivity contribution >= 4 is 29.4 Å². The standard InChI is InChI=1S/C35H37N5O6/c1-23-12-14-26(15-13-23)20-29(34(44)45)38-33(43)27(18-24-8-4-2-5-9-24)21-30(41)28(19-25-10-6-3-7-11-25)37-32(42)22-40-17-16-31(36)39-35(40)46/h2-17,27-29H,18-22H2,1H3,(H,37,42)(H,38,43)(H,44,45)(H2,36,39,46). The number of rotatable bonds is 15. The first-order chi connectivity index (χ1) is 22.1. The van der Waals surface area contributed by atoms with Crippen LogP contribution in [0.25, 0.3) is 0 Å². The van der Waals surface area contributed by atoms with Gasteiger partial charge in [0.05, 0.1) is 6.04 Å². The number of carbonyl (C=O) groups is 4. The van der Waals surface area contributed by atoms with Crippen LogP contribution in [0.3, 0.4) is 0 Å². The van der Waals surface area contributed by atoms with Crippen molar-refractivity contribution in [2.24, 2.45) is 5.92 Å². The number of benzene rings is 3. The van der Waals surface area contributed by atoms with Crippen LogP contribution in [0, 0.1) is 12.8 Å². The summed E-state index contributed by atoms with van der Waals surface area (Å²) in [6.07, 6.45) is 1.46. The summed E-state index contributed by atoms with van der Waals surface area (Å²) in [4.78, 5) is 68.6. The summed E-state index contributed by atoms with van der Waals surface area (Å²) in [5, 5.41) is 15.3. The summed E-state index contributed by atoms with van der Waals surface area (Å²) >= 11 is 0. The molecule has 1 heterocycles. The number of hydrogen-bond acceptors (Lipinski definition) is 7. The highest BCUT2D eigenvalue weighted by atomic mass is 16.4. The van der Waals surface area contributed by atoms with Crippen molar-refractivity contribution in [3.05, 3.63) is 130 Å². The van der Waals surface area contributed by atoms with Gasteiger partial charge in [0, 0.05) is 25.0 Å². The van der Waals surface area contributed by atoms with Crippen LogP contribution < -0.4 is 22.1 Å². The molecule has 0 aliphatic rings. The lowest BCUT2D eigenvalue weighted by molar-refractivity contribution is -0.142. The van der Waals surface area contributed by atoms with Gasteiger partial charge in [-0.3, -0.25) is 19.0 Å². The van der Waals surface area contributed by atoms with Crippen molar-refractivity contribution in [1.82, 2.24) is 20.2 Å². The molecular formula is C35H37N5O6. The SMILES string of the molecule is Cc1ccc(CC(NC(=O)C(CC(=O)C(Cc2ccccc2)NC(=O)Cn2ccc(N)nc2=O)Cc2ccccc2)C(=O)O)cc1. The normalized spacial score (nSPS) is 12.8. The zero-order valence-corrected chi connectivity index (χ0v) is 25.5. The highest BCUT2D eigenvalue weighted by Crippen LogP contribution is 2.17. The molecule has 3 atom stereocenters. The Labute approximate surface area is 266 Å². The molecule has 0 radical (unpaired) electrons. The lowest BCUT2D eigenvalue weighted by Gasteiger charge is -2.23. The average molecular weight is 624 g/mol. The maximum Gasteiger partial charge on any atom is 0.349 e. The van der Waals surface area contributed by atoms with Crippen LogP contribution in [-0.4, -0.2) is 50.3 Å². The van der Waals surface area contributed by atoms with E-state index < -0.39 is 53.8 Å². The van der Waals surface area contributed by atoms with Gasteiger partial charge < -0.3 is 21.5 Å². The molecule has 238 valence electrons. The lowest BCUT2D eigenvalue weighted by atomic mass is 9.89. The van der Waals surface area contributed by atoms with Crippen LogP contribution >= 0.6 is 0 Å². The Balaban J connectivity index is 1.55. The Hall–Kier alpha value is -5.58. The molecular weight excluding hydrogens is 586 g/mol. The average Bonchev–Trinajstić information content (AvgIpc) is 3.03. The van der Waals surface area contributed by atoms with E-state index in [-0.39, 0.29) is 31.5 Å². The first-order valence-electron chi connectivity index (χ1n) is 14.9. The number of hydrogen-bond donors (Lipinski definition) is 4. The minimum Gasteiger partial charge on any atom is -0.480 e. The molecule has 2 amide bonds. The molecule has 0 aliphatic heterocycles. The number of nitrogen functional groups attached to an aromatic ring is 1. The van der Waals surface area contributed by atoms with Crippen molar-refractivity contribution in [3.8, 4) is 0 Å². The number of carboxylic acids is 1. The molecule has 5 N–H and O–H groups in total. The van der Waals surface area contributed by atoms with E-state index in [1.807, 2.05) is 91.9 Å². The molecule has 3 unspecified atom stereocenters. The summed E-state index contributed by atoms with van der Waals surface area (Å²) in [5.41, 5.74) is 8.18. The fourth-order valence-electron chi connectivity index (χ4n) is 5.04. The van der Waals surface area contributed by atoms with E-state index in [1.54, 1.807) is 0 Å². The second-order valence-electron chi connectivity index (χ2n) is 11.2. The summed E-state index contributed by atoms with van der Waals surface area (Å²) in [6, 6.07) is 24.7. The predicted octanol–water partition coefficient (Wildman–Crippen LogP) is 2.49. The molecule has 0 aliphatic carbocycles. The second kappa shape index (κ2) is 15.9. The first kappa shape index (κ1) is 33.3. The Morgan fingerprint density at radius 1 is 0.783 bits per heavy atom. The van der Waals surface area contributed by atoms with Crippen LogP contribution in [0.4, 0.5) is 5.82 Å². The van der Waals surface area contributed by atoms with E-state index in [0.717, 1.165) is 26.8 Å². The zero-order chi connectivity index (χ0) is 33.1. The topological polar surface area (TPSA) is 173 Å². The fraction of sp³-hybridized carbons (Fsp3) is 0.257. The number of Topliss-reactive ketones (excluding diaryl/α,β-unsaturated/α-hetero) is 1.